The molecule has 5 heteroatoms. The van der Waals surface area contributed by atoms with E-state index in [9.17, 15) is 9.90 Å². The highest BCUT2D eigenvalue weighted by molar-refractivity contribution is 7.99. The molecule has 1 aliphatic heterocycles. The summed E-state index contributed by atoms with van der Waals surface area (Å²) in [4.78, 5) is 11.8. The fourth-order valence-electron chi connectivity index (χ4n) is 2.23. The minimum absolute atomic E-state index is 0.182. The second-order valence-electron chi connectivity index (χ2n) is 5.13. The number of nitrogens with one attached hydrogen (secondary N) is 2. The molecule has 0 radical (unpaired) electrons. The molecule has 110 valence electrons. The number of thioether (sulfide) groups is 1. The maximum absolute atomic E-state index is 11.8. The summed E-state index contributed by atoms with van der Waals surface area (Å²) >= 11 is 1.94. The van der Waals surface area contributed by atoms with E-state index in [1.807, 2.05) is 30.0 Å². The Kier molecular flexibility index (Phi) is 5.73. The number of rotatable bonds is 4. The minimum Gasteiger partial charge on any atom is -0.389 e. The summed E-state index contributed by atoms with van der Waals surface area (Å²) in [5.74, 6) is 1.20. The Hall–Kier alpha value is -1.20. The molecule has 20 heavy (non-hydrogen) atoms. The number of amides is 2. The number of aliphatic hydroxyl groups excluding tert-OH is 1. The number of carbonyl (C=O) groups excluding carboxylic acids is 1. The zero-order valence-corrected chi connectivity index (χ0v) is 12.6. The molecular formula is C15H22N2O2S. The lowest BCUT2D eigenvalue weighted by Gasteiger charge is -2.21. The van der Waals surface area contributed by atoms with Crippen LogP contribution in [0.15, 0.2) is 24.3 Å². The predicted octanol–water partition coefficient (Wildman–Crippen LogP) is 3.15. The molecule has 2 atom stereocenters. The summed E-state index contributed by atoms with van der Waals surface area (Å²) < 4.78 is 0. The molecule has 1 aliphatic rings. The third kappa shape index (κ3) is 4.72. The molecule has 2 rings (SSSR count). The van der Waals surface area contributed by atoms with Crippen LogP contribution in [0.3, 0.4) is 0 Å². The fraction of sp³-hybridized carbons (Fsp3) is 0.533. The Balaban J connectivity index is 1.80. The first-order valence-corrected chi connectivity index (χ1v) is 8.14. The standard InChI is InChI=1S/C15H22N2O2S/c1-11(18)12-5-4-6-13(9-12)17-15(19)16-10-14-7-2-3-8-20-14/h4-6,9,11,14,18H,2-3,7-8,10H2,1H3,(H2,16,17,19). The van der Waals surface area contributed by atoms with E-state index in [1.165, 1.54) is 25.0 Å². The minimum atomic E-state index is -0.529. The predicted molar refractivity (Wildman–Crippen MR) is 84.2 cm³/mol. The van der Waals surface area contributed by atoms with Crippen molar-refractivity contribution in [2.24, 2.45) is 0 Å². The van der Waals surface area contributed by atoms with Crippen molar-refractivity contribution in [1.82, 2.24) is 5.32 Å². The van der Waals surface area contributed by atoms with E-state index in [2.05, 4.69) is 10.6 Å². The van der Waals surface area contributed by atoms with E-state index in [0.717, 1.165) is 5.56 Å². The van der Waals surface area contributed by atoms with Gasteiger partial charge in [0.15, 0.2) is 0 Å². The van der Waals surface area contributed by atoms with E-state index in [0.29, 0.717) is 17.5 Å². The average Bonchev–Trinajstić information content (AvgIpc) is 2.46. The van der Waals surface area contributed by atoms with Gasteiger partial charge in [-0.1, -0.05) is 18.6 Å². The lowest BCUT2D eigenvalue weighted by molar-refractivity contribution is 0.199. The number of aliphatic hydroxyl groups is 1. The Morgan fingerprint density at radius 1 is 1.50 bits per heavy atom. The van der Waals surface area contributed by atoms with Gasteiger partial charge in [0.25, 0.3) is 0 Å². The zero-order valence-electron chi connectivity index (χ0n) is 11.8. The van der Waals surface area contributed by atoms with Crippen molar-refractivity contribution in [2.45, 2.75) is 37.5 Å². The van der Waals surface area contributed by atoms with E-state index in [1.54, 1.807) is 13.0 Å². The molecule has 0 saturated carbocycles. The highest BCUT2D eigenvalue weighted by atomic mass is 32.2. The normalized spacial score (nSPS) is 20.2. The highest BCUT2D eigenvalue weighted by Gasteiger charge is 2.14. The molecule has 2 unspecified atom stereocenters. The topological polar surface area (TPSA) is 61.4 Å². The molecular weight excluding hydrogens is 272 g/mol. The molecule has 1 heterocycles. The molecule has 1 aromatic carbocycles. The summed E-state index contributed by atoms with van der Waals surface area (Å²) in [5.41, 5.74) is 1.50. The fourth-order valence-corrected chi connectivity index (χ4v) is 3.47. The maximum Gasteiger partial charge on any atom is 0.319 e. The third-order valence-electron chi connectivity index (χ3n) is 3.39. The Morgan fingerprint density at radius 3 is 3.05 bits per heavy atom. The summed E-state index contributed by atoms with van der Waals surface area (Å²) in [7, 11) is 0. The van der Waals surface area contributed by atoms with Crippen LogP contribution in [0.25, 0.3) is 0 Å². The summed E-state index contributed by atoms with van der Waals surface area (Å²) in [6, 6.07) is 7.10. The van der Waals surface area contributed by atoms with Crippen molar-refractivity contribution in [1.29, 1.82) is 0 Å². The molecule has 0 aromatic heterocycles. The van der Waals surface area contributed by atoms with Crippen molar-refractivity contribution in [3.63, 3.8) is 0 Å². The molecule has 4 nitrogen and oxygen atoms in total. The first-order valence-electron chi connectivity index (χ1n) is 7.09. The van der Waals surface area contributed by atoms with Gasteiger partial charge in [0.1, 0.15) is 0 Å². The molecule has 1 saturated heterocycles. The summed E-state index contributed by atoms with van der Waals surface area (Å²) in [6.45, 7) is 2.42. The molecule has 1 fully saturated rings. The van der Waals surface area contributed by atoms with Gasteiger partial charge < -0.3 is 15.7 Å². The Bertz CT molecular complexity index is 445. The second-order valence-corrected chi connectivity index (χ2v) is 6.53. The zero-order chi connectivity index (χ0) is 14.4. The smallest absolute Gasteiger partial charge is 0.319 e. The van der Waals surface area contributed by atoms with Crippen LogP contribution in [-0.2, 0) is 0 Å². The first kappa shape index (κ1) is 15.2. The lowest BCUT2D eigenvalue weighted by atomic mass is 10.1. The van der Waals surface area contributed by atoms with Crippen LogP contribution in [0.1, 0.15) is 37.9 Å². The van der Waals surface area contributed by atoms with Crippen LogP contribution < -0.4 is 10.6 Å². The molecule has 0 bridgehead atoms. The molecule has 0 aliphatic carbocycles. The van der Waals surface area contributed by atoms with Crippen molar-refractivity contribution in [3.8, 4) is 0 Å². The second kappa shape index (κ2) is 7.55. The monoisotopic (exact) mass is 294 g/mol. The van der Waals surface area contributed by atoms with Crippen LogP contribution in [0.2, 0.25) is 0 Å². The van der Waals surface area contributed by atoms with Crippen LogP contribution >= 0.6 is 11.8 Å². The molecule has 2 amide bonds. The van der Waals surface area contributed by atoms with Gasteiger partial charge in [-0.25, -0.2) is 4.79 Å². The van der Waals surface area contributed by atoms with Gasteiger partial charge in [0.05, 0.1) is 6.10 Å². The van der Waals surface area contributed by atoms with E-state index < -0.39 is 6.10 Å². The van der Waals surface area contributed by atoms with E-state index in [-0.39, 0.29) is 6.03 Å². The Morgan fingerprint density at radius 2 is 2.35 bits per heavy atom. The van der Waals surface area contributed by atoms with Gasteiger partial charge in [-0.2, -0.15) is 11.8 Å². The largest absolute Gasteiger partial charge is 0.389 e. The van der Waals surface area contributed by atoms with Gasteiger partial charge in [0.2, 0.25) is 0 Å². The van der Waals surface area contributed by atoms with Gasteiger partial charge in [-0.15, -0.1) is 0 Å². The van der Waals surface area contributed by atoms with Gasteiger partial charge in [0, 0.05) is 17.5 Å². The van der Waals surface area contributed by atoms with E-state index >= 15 is 0 Å². The molecule has 1 aromatic rings. The van der Waals surface area contributed by atoms with Crippen LogP contribution in [-0.4, -0.2) is 28.7 Å². The van der Waals surface area contributed by atoms with Crippen LogP contribution in [0, 0.1) is 0 Å². The average molecular weight is 294 g/mol. The van der Waals surface area contributed by atoms with E-state index in [4.69, 9.17) is 0 Å². The summed E-state index contributed by atoms with van der Waals surface area (Å²) in [6.07, 6.45) is 3.21. The van der Waals surface area contributed by atoms with Gasteiger partial charge in [-0.05, 0) is 43.2 Å². The SMILES string of the molecule is CC(O)c1cccc(NC(=O)NCC2CCCCS2)c1. The van der Waals surface area contributed by atoms with Crippen LogP contribution in [0.4, 0.5) is 10.5 Å². The van der Waals surface area contributed by atoms with Crippen molar-refractivity contribution in [2.75, 3.05) is 17.6 Å². The van der Waals surface area contributed by atoms with Crippen LogP contribution in [0.5, 0.6) is 0 Å². The van der Waals surface area contributed by atoms with Crippen molar-refractivity contribution in [3.05, 3.63) is 29.8 Å². The van der Waals surface area contributed by atoms with Gasteiger partial charge >= 0.3 is 6.03 Å². The summed E-state index contributed by atoms with van der Waals surface area (Å²) in [5, 5.41) is 15.8. The quantitative estimate of drug-likeness (QED) is 0.799. The molecule has 3 N–H and O–H groups in total. The van der Waals surface area contributed by atoms with Crippen molar-refractivity contribution >= 4 is 23.5 Å². The molecule has 0 spiro atoms. The maximum atomic E-state index is 11.8. The lowest BCUT2D eigenvalue weighted by Crippen LogP contribution is -2.35. The number of hydrogen-bond donors (Lipinski definition) is 3. The van der Waals surface area contributed by atoms with Crippen molar-refractivity contribution < 1.29 is 9.90 Å². The number of urea groups is 1. The number of carbonyl (C=O) groups is 1. The number of anilines is 1. The number of hydrogen-bond acceptors (Lipinski definition) is 3. The Labute approximate surface area is 124 Å². The third-order valence-corrected chi connectivity index (χ3v) is 4.79. The number of benzene rings is 1. The van der Waals surface area contributed by atoms with Gasteiger partial charge in [-0.3, -0.25) is 0 Å². The first-order chi connectivity index (χ1) is 9.65. The highest BCUT2D eigenvalue weighted by Crippen LogP contribution is 2.24.